The van der Waals surface area contributed by atoms with E-state index >= 15 is 0 Å². The maximum absolute atomic E-state index is 13.4. The Hall–Kier alpha value is -1.93. The molecule has 25 atom stereocenters. The fourth-order valence-corrected chi connectivity index (χ4v) is 20.6. The minimum Gasteiger partial charge on any atom is -0.374 e. The van der Waals surface area contributed by atoms with Crippen LogP contribution in [0.5, 0.6) is 0 Å². The fourth-order valence-electron chi connectivity index (χ4n) is 17.1. The first-order valence-corrected chi connectivity index (χ1v) is 41.7. The topological polar surface area (TPSA) is 133 Å². The zero-order chi connectivity index (χ0) is 72.0. The van der Waals surface area contributed by atoms with Crippen LogP contribution in [0.15, 0.2) is 119 Å². The predicted octanol–water partition coefficient (Wildman–Crippen LogP) is 20.1. The maximum atomic E-state index is 13.4. The second-order valence-corrected chi connectivity index (χ2v) is 36.1. The van der Waals surface area contributed by atoms with E-state index in [1.165, 1.54) is 16.7 Å². The third-order valence-corrected chi connectivity index (χ3v) is 28.0. The van der Waals surface area contributed by atoms with Crippen LogP contribution < -0.4 is 0 Å². The molecule has 98 heavy (non-hydrogen) atoms. The first kappa shape index (κ1) is 83.3. The van der Waals surface area contributed by atoms with Gasteiger partial charge in [0.2, 0.25) is 0 Å². The third-order valence-electron chi connectivity index (χ3n) is 24.3. The van der Waals surface area contributed by atoms with Crippen molar-refractivity contribution in [3.05, 3.63) is 116 Å². The predicted molar refractivity (Wildman–Crippen MR) is 399 cm³/mol. The van der Waals surface area contributed by atoms with Gasteiger partial charge in [0, 0.05) is 57.2 Å². The van der Waals surface area contributed by atoms with Gasteiger partial charge in [-0.15, -0.1) is 0 Å². The first-order chi connectivity index (χ1) is 46.3. The Balaban J connectivity index is 0.000000249. The van der Waals surface area contributed by atoms with Crippen molar-refractivity contribution in [3.63, 3.8) is 0 Å². The van der Waals surface area contributed by atoms with Gasteiger partial charge in [0.1, 0.15) is 0 Å². The molecule has 0 aromatic heterocycles. The molecule has 0 radical (unpaired) electrons. The summed E-state index contributed by atoms with van der Waals surface area (Å²) in [5.41, 5.74) is 4.43. The number of hydrogen-bond acceptors (Lipinski definition) is 11. The molecule has 14 heteroatoms. The van der Waals surface area contributed by atoms with Gasteiger partial charge in [-0.05, 0) is 195 Å². The van der Waals surface area contributed by atoms with Crippen molar-refractivity contribution in [2.75, 3.05) is 11.5 Å². The summed E-state index contributed by atoms with van der Waals surface area (Å²) in [5, 5.41) is 0. The minimum atomic E-state index is -3.47. The molecule has 0 spiro atoms. The van der Waals surface area contributed by atoms with Crippen LogP contribution in [0.3, 0.4) is 0 Å². The molecule has 554 valence electrons. The van der Waals surface area contributed by atoms with Gasteiger partial charge in [-0.2, -0.15) is 12.8 Å². The van der Waals surface area contributed by atoms with Crippen molar-refractivity contribution in [1.29, 1.82) is 0 Å². The quantitative estimate of drug-likeness (QED) is 0.0394. The molecule has 7 aliphatic heterocycles. The molecule has 0 amide bonds. The molecular weight excluding hydrogens is 1490 g/mol. The Morgan fingerprint density at radius 3 is 1.47 bits per heavy atom. The fraction of sp³-hybridized carbons (Fsp3) is 0.750. The molecule has 2 aromatic carbocycles. The van der Waals surface area contributed by atoms with Crippen molar-refractivity contribution >= 4 is 19.7 Å². The zero-order valence-electron chi connectivity index (χ0n) is 64.8. The number of allylic oxidation sites excluding steroid dienone is 3. The van der Waals surface area contributed by atoms with Crippen molar-refractivity contribution in [2.45, 2.75) is 340 Å². The maximum Gasteiger partial charge on any atom is 0.178 e. The summed E-state index contributed by atoms with van der Waals surface area (Å²) in [6.45, 7) is 52.2. The van der Waals surface area contributed by atoms with Crippen LogP contribution in [0.2, 0.25) is 0 Å². The summed E-state index contributed by atoms with van der Waals surface area (Å²) in [5.74, 6) is 2.68. The van der Waals surface area contributed by atoms with Gasteiger partial charge in [-0.3, -0.25) is 0 Å². The van der Waals surface area contributed by atoms with Gasteiger partial charge in [-0.1, -0.05) is 181 Å². The Morgan fingerprint density at radius 1 is 0.571 bits per heavy atom. The number of rotatable bonds is 32. The number of fused-ring (bicyclic) bond motifs is 2. The summed E-state index contributed by atoms with van der Waals surface area (Å²) in [4.78, 5) is 0.766. The van der Waals surface area contributed by atoms with Crippen molar-refractivity contribution in [1.82, 2.24) is 0 Å². The van der Waals surface area contributed by atoms with Crippen LogP contribution in [0.4, 0.5) is 0 Å². The van der Waals surface area contributed by atoms with E-state index in [-0.39, 0.29) is 138 Å². The SMILES string of the molecule is C=C(C)[C@H](C)CC1CC[C@@H]2O[C@@H](C)C[C@]2(CC)O1.C=C1C[C@H](C)OC1CC[CH-]CC(C)C(=C)[C@H](C)CC1O[C@H](CC(C)CC)[C@H](C)[C@H]1CS(=O)(=O)c1ccccc1.[3H]C(CC1O[C@H](CC(C)CC)[C@H](C)[C@H]1CS(=O)(=O)c1ccccc1)C(=C)[C@H](C)CC1CC[C@@H]2O[C@@H](C)C[C@]2(CC)O1.[U]. The van der Waals surface area contributed by atoms with Gasteiger partial charge in [0.25, 0.3) is 0 Å². The number of sulfone groups is 2. The van der Waals surface area contributed by atoms with Gasteiger partial charge in [0.05, 0.1) is 106 Å². The first-order valence-electron chi connectivity index (χ1n) is 39.0. The molecule has 7 fully saturated rings. The zero-order valence-corrected chi connectivity index (χ0v) is 69.6. The van der Waals surface area contributed by atoms with Crippen molar-refractivity contribution < 1.29 is 82.5 Å². The molecule has 7 aliphatic rings. The second-order valence-electron chi connectivity index (χ2n) is 32.1. The molecule has 9 unspecified atom stereocenters. The largest absolute Gasteiger partial charge is 0.374 e. The minimum absolute atomic E-state index is 0. The van der Waals surface area contributed by atoms with E-state index in [4.69, 9.17) is 34.5 Å². The van der Waals surface area contributed by atoms with Crippen LogP contribution >= 0.6 is 0 Å². The number of benzene rings is 2. The normalized spacial score (nSPS) is 34.6. The molecule has 0 aliphatic carbocycles. The van der Waals surface area contributed by atoms with E-state index in [1.807, 2.05) is 12.1 Å². The molecule has 0 saturated carbocycles. The van der Waals surface area contributed by atoms with E-state index in [0.29, 0.717) is 64.3 Å². The van der Waals surface area contributed by atoms with Gasteiger partial charge >= 0.3 is 0 Å². The summed E-state index contributed by atoms with van der Waals surface area (Å²) < 4.78 is 107. The Bertz CT molecular complexity index is 3060. The standard InChI is InChI=1S/C34H54O5S.C34H53O4S.C16H28O2.U/c1-8-23(3)19-32-27(7)30(22-40(35,36)29-13-11-10-12-14-29)31(38-32)17-15-24(4)25(5)20-28-16-18-33-34(9-2,39-28)21-26(6)37-33;1-9-23(2)19-33-29(8)31(22-39(35,36)30-16-11-10-12-17-30)34(38-33)21-25(4)28(7)24(3)15-13-14-18-32-26(5)20-27(6)37-32;1-6-16-10-13(5)17-15(16)8-7-14(18-16)9-12(4)11(2)3;/h10-14,23,25-28,30-33H,4,8-9,15-22H2,1-3,5-7H3;10-13,16-17,23-25,27,29,31-34H,5,7,9,14-15,18-22H2,1-4,6,8H3;12-15H,2,6-10H2,1,3-5H3;/q;-1;;/t23?,25-,26+,27-,28?,30-,31?,32-,33+,34+;23?,24?,25-,27+,29-,31-,32?,33-,34?;12-,13+,14?,15+,16+;/m111./s1/i15T;;;/t15?,23?,25-,26+,27-,28?,30-,31?,32-,33+,34+;;;. The second kappa shape index (κ2) is 38.9. The Morgan fingerprint density at radius 2 is 1.03 bits per heavy atom. The van der Waals surface area contributed by atoms with Gasteiger partial charge < -0.3 is 39.6 Å². The summed E-state index contributed by atoms with van der Waals surface area (Å²) >= 11 is 0. The van der Waals surface area contributed by atoms with E-state index in [2.05, 4.69) is 144 Å². The van der Waals surface area contributed by atoms with Crippen LogP contribution in [-0.2, 0) is 52.8 Å². The van der Waals surface area contributed by atoms with E-state index in [1.54, 1.807) is 48.5 Å². The smallest absolute Gasteiger partial charge is 0.178 e. The number of ether oxygens (including phenoxy) is 7. The van der Waals surface area contributed by atoms with Crippen LogP contribution in [0.1, 0.15) is 247 Å². The molecule has 7 saturated heterocycles. The summed E-state index contributed by atoms with van der Waals surface area (Å²) in [7, 11) is -6.86. The molecule has 7 heterocycles. The van der Waals surface area contributed by atoms with E-state index in [0.717, 1.165) is 128 Å². The summed E-state index contributed by atoms with van der Waals surface area (Å²) in [6.07, 6.45) is 23.3. The van der Waals surface area contributed by atoms with Gasteiger partial charge in [0.15, 0.2) is 19.7 Å². The van der Waals surface area contributed by atoms with Crippen molar-refractivity contribution in [2.24, 2.45) is 59.2 Å². The molecule has 9 rings (SSSR count). The monoisotopic (exact) mass is 1620 g/mol. The van der Waals surface area contributed by atoms with E-state index < -0.39 is 26.1 Å². The van der Waals surface area contributed by atoms with Crippen LogP contribution in [-0.4, -0.2) is 113 Å². The van der Waals surface area contributed by atoms with E-state index in [9.17, 15) is 16.8 Å². The van der Waals surface area contributed by atoms with Crippen molar-refractivity contribution in [3.8, 4) is 0 Å². The average Bonchev–Trinajstić information content (AvgIpc) is 1.68. The summed E-state index contributed by atoms with van der Waals surface area (Å²) in [6, 6.07) is 17.6. The number of unbranched alkanes of at least 4 members (excludes halogenated alkanes) is 1. The Kier molecular flexibility index (Phi) is 33.1. The Labute approximate surface area is 623 Å². The number of hydrogen-bond donors (Lipinski definition) is 0. The molecule has 11 nitrogen and oxygen atoms in total. The molecule has 0 N–H and O–H groups in total. The van der Waals surface area contributed by atoms with Crippen LogP contribution in [0, 0.1) is 96.7 Å². The van der Waals surface area contributed by atoms with Gasteiger partial charge in [-0.25, -0.2) is 16.8 Å². The third kappa shape index (κ3) is 23.0. The molecular formula is C84H135O11S2U-. The molecule has 0 bridgehead atoms. The molecule has 2 aromatic rings. The average molecular weight is 1630 g/mol. The van der Waals surface area contributed by atoms with Crippen LogP contribution in [0.25, 0.3) is 0 Å².